The maximum Gasteiger partial charge on any atom is 0.0994 e. The van der Waals surface area contributed by atoms with Crippen molar-refractivity contribution in [3.8, 4) is 5.69 Å². The zero-order chi connectivity index (χ0) is 13.1. The van der Waals surface area contributed by atoms with Gasteiger partial charge in [-0.1, -0.05) is 12.1 Å². The summed E-state index contributed by atoms with van der Waals surface area (Å²) in [7, 11) is 0. The van der Waals surface area contributed by atoms with E-state index < -0.39 is 0 Å². The van der Waals surface area contributed by atoms with Gasteiger partial charge in [-0.2, -0.15) is 0 Å². The molecule has 0 unspecified atom stereocenters. The van der Waals surface area contributed by atoms with Crippen molar-refractivity contribution < 1.29 is 0 Å². The number of hydrogen-bond acceptors (Lipinski definition) is 3. The summed E-state index contributed by atoms with van der Waals surface area (Å²) in [6, 6.07) is 8.54. The van der Waals surface area contributed by atoms with Crippen LogP contribution in [0.15, 0.2) is 41.7 Å². The molecule has 3 rings (SSSR count). The molecule has 100 valence electrons. The topological polar surface area (TPSA) is 29.9 Å². The van der Waals surface area contributed by atoms with Crippen LogP contribution < -0.4 is 5.32 Å². The van der Waals surface area contributed by atoms with Crippen molar-refractivity contribution in [2.75, 3.05) is 19.3 Å². The Morgan fingerprint density at radius 2 is 2.05 bits per heavy atom. The monoisotopic (exact) mass is 273 g/mol. The normalized spacial score (nSPS) is 16.7. The lowest BCUT2D eigenvalue weighted by Gasteiger charge is -2.24. The minimum Gasteiger partial charge on any atom is -0.317 e. The van der Waals surface area contributed by atoms with E-state index in [9.17, 15) is 0 Å². The first-order valence-corrected chi connectivity index (χ1v) is 7.99. The molecule has 1 aliphatic rings. The Bertz CT molecular complexity index is 544. The van der Waals surface area contributed by atoms with Crippen molar-refractivity contribution in [1.29, 1.82) is 0 Å². The van der Waals surface area contributed by atoms with Crippen LogP contribution >= 0.6 is 11.8 Å². The lowest BCUT2D eigenvalue weighted by Crippen LogP contribution is -2.27. The summed E-state index contributed by atoms with van der Waals surface area (Å²) in [5.74, 6) is 0.624. The average molecular weight is 273 g/mol. The largest absolute Gasteiger partial charge is 0.317 e. The second-order valence-electron chi connectivity index (χ2n) is 4.88. The molecule has 19 heavy (non-hydrogen) atoms. The van der Waals surface area contributed by atoms with Crippen molar-refractivity contribution in [3.63, 3.8) is 0 Å². The predicted molar refractivity (Wildman–Crippen MR) is 80.2 cm³/mol. The zero-order valence-electron chi connectivity index (χ0n) is 11.2. The minimum atomic E-state index is 0.624. The van der Waals surface area contributed by atoms with Crippen LogP contribution in [-0.2, 0) is 0 Å². The second kappa shape index (κ2) is 5.80. The number of nitrogens with one attached hydrogen (secondary N) is 1. The van der Waals surface area contributed by atoms with Crippen molar-refractivity contribution in [1.82, 2.24) is 14.9 Å². The predicted octanol–water partition coefficient (Wildman–Crippen LogP) is 3.06. The van der Waals surface area contributed by atoms with Gasteiger partial charge in [0.1, 0.15) is 0 Å². The van der Waals surface area contributed by atoms with Crippen molar-refractivity contribution >= 4 is 11.8 Å². The SMILES string of the molecule is CSc1ccccc1-n1cncc1C1CCNCC1. The number of hydrogen-bond donors (Lipinski definition) is 1. The first-order chi connectivity index (χ1) is 9.40. The highest BCUT2D eigenvalue weighted by molar-refractivity contribution is 7.98. The Balaban J connectivity index is 1.99. The number of aromatic nitrogens is 2. The van der Waals surface area contributed by atoms with E-state index in [-0.39, 0.29) is 0 Å². The third-order valence-corrected chi connectivity index (χ3v) is 4.55. The van der Waals surface area contributed by atoms with Gasteiger partial charge in [0.15, 0.2) is 0 Å². The fraction of sp³-hybridized carbons (Fsp3) is 0.400. The summed E-state index contributed by atoms with van der Waals surface area (Å²) in [6.45, 7) is 2.22. The molecule has 2 aromatic rings. The van der Waals surface area contributed by atoms with E-state index >= 15 is 0 Å². The zero-order valence-corrected chi connectivity index (χ0v) is 12.0. The van der Waals surface area contributed by atoms with Crippen LogP contribution in [0.2, 0.25) is 0 Å². The number of benzene rings is 1. The van der Waals surface area contributed by atoms with Crippen LogP contribution in [0.4, 0.5) is 0 Å². The fourth-order valence-electron chi connectivity index (χ4n) is 2.76. The second-order valence-corrected chi connectivity index (χ2v) is 5.73. The molecule has 0 atom stereocenters. The Kier molecular flexibility index (Phi) is 3.89. The van der Waals surface area contributed by atoms with Crippen LogP contribution in [0.1, 0.15) is 24.5 Å². The van der Waals surface area contributed by atoms with Gasteiger partial charge in [-0.3, -0.25) is 0 Å². The molecule has 1 N–H and O–H groups in total. The molecule has 1 aromatic heterocycles. The number of rotatable bonds is 3. The molecule has 0 amide bonds. The third-order valence-electron chi connectivity index (χ3n) is 3.77. The van der Waals surface area contributed by atoms with E-state index in [1.165, 1.54) is 29.1 Å². The summed E-state index contributed by atoms with van der Waals surface area (Å²) in [5.41, 5.74) is 2.60. The van der Waals surface area contributed by atoms with Gasteiger partial charge in [0.25, 0.3) is 0 Å². The van der Waals surface area contributed by atoms with Crippen LogP contribution in [-0.4, -0.2) is 28.9 Å². The molecule has 1 aliphatic heterocycles. The van der Waals surface area contributed by atoms with E-state index in [4.69, 9.17) is 0 Å². The maximum absolute atomic E-state index is 4.38. The smallest absolute Gasteiger partial charge is 0.0994 e. The van der Waals surface area contributed by atoms with Gasteiger partial charge >= 0.3 is 0 Å². The molecule has 0 spiro atoms. The molecule has 3 nitrogen and oxygen atoms in total. The quantitative estimate of drug-likeness (QED) is 0.872. The number of imidazole rings is 1. The fourth-order valence-corrected chi connectivity index (χ4v) is 3.35. The highest BCUT2D eigenvalue weighted by Crippen LogP contribution is 2.30. The molecule has 0 saturated carbocycles. The lowest BCUT2D eigenvalue weighted by molar-refractivity contribution is 0.449. The molecule has 1 fully saturated rings. The molecule has 1 saturated heterocycles. The highest BCUT2D eigenvalue weighted by Gasteiger charge is 2.20. The van der Waals surface area contributed by atoms with Gasteiger partial charge in [0.2, 0.25) is 0 Å². The standard InChI is InChI=1S/C15H19N3S/c1-19-15-5-3-2-4-13(15)18-11-17-10-14(18)12-6-8-16-9-7-12/h2-5,10-12,16H,6-9H2,1H3. The van der Waals surface area contributed by atoms with E-state index in [1.807, 2.05) is 12.5 Å². The van der Waals surface area contributed by atoms with E-state index in [2.05, 4.69) is 45.4 Å². The molecular weight excluding hydrogens is 254 g/mol. The van der Waals surface area contributed by atoms with E-state index in [0.717, 1.165) is 13.1 Å². The maximum atomic E-state index is 4.38. The molecule has 1 aromatic carbocycles. The summed E-state index contributed by atoms with van der Waals surface area (Å²) < 4.78 is 2.27. The van der Waals surface area contributed by atoms with Gasteiger partial charge in [0.05, 0.1) is 12.0 Å². The average Bonchev–Trinajstić information content (AvgIpc) is 2.97. The molecular formula is C15H19N3S. The van der Waals surface area contributed by atoms with Crippen LogP contribution in [0.25, 0.3) is 5.69 Å². The van der Waals surface area contributed by atoms with Gasteiger partial charge in [-0.15, -0.1) is 11.8 Å². The number of nitrogens with zero attached hydrogens (tertiary/aromatic N) is 2. The molecule has 0 radical (unpaired) electrons. The minimum absolute atomic E-state index is 0.624. The van der Waals surface area contributed by atoms with Crippen molar-refractivity contribution in [2.24, 2.45) is 0 Å². The number of piperidine rings is 1. The van der Waals surface area contributed by atoms with Gasteiger partial charge in [0, 0.05) is 22.7 Å². The molecule has 2 heterocycles. The van der Waals surface area contributed by atoms with Crippen LogP contribution in [0.3, 0.4) is 0 Å². The summed E-state index contributed by atoms with van der Waals surface area (Å²) >= 11 is 1.79. The van der Waals surface area contributed by atoms with Gasteiger partial charge in [-0.05, 0) is 44.3 Å². The van der Waals surface area contributed by atoms with Gasteiger partial charge < -0.3 is 9.88 Å². The molecule has 0 aliphatic carbocycles. The number of thioether (sulfide) groups is 1. The molecule has 0 bridgehead atoms. The first-order valence-electron chi connectivity index (χ1n) is 6.76. The third kappa shape index (κ3) is 2.55. The summed E-state index contributed by atoms with van der Waals surface area (Å²) in [6.07, 6.45) is 8.51. The Hall–Kier alpha value is -1.26. The van der Waals surface area contributed by atoms with Crippen molar-refractivity contribution in [3.05, 3.63) is 42.5 Å². The first kappa shape index (κ1) is 12.8. The number of para-hydroxylation sites is 1. The molecule has 4 heteroatoms. The van der Waals surface area contributed by atoms with E-state index in [0.29, 0.717) is 5.92 Å². The van der Waals surface area contributed by atoms with Crippen molar-refractivity contribution in [2.45, 2.75) is 23.7 Å². The Morgan fingerprint density at radius 3 is 2.84 bits per heavy atom. The summed E-state index contributed by atoms with van der Waals surface area (Å²) in [4.78, 5) is 5.68. The summed E-state index contributed by atoms with van der Waals surface area (Å²) in [5, 5.41) is 3.42. The van der Waals surface area contributed by atoms with E-state index in [1.54, 1.807) is 11.8 Å². The van der Waals surface area contributed by atoms with Crippen LogP contribution in [0, 0.1) is 0 Å². The lowest BCUT2D eigenvalue weighted by atomic mass is 9.95. The Morgan fingerprint density at radius 1 is 1.26 bits per heavy atom. The Labute approximate surface area is 118 Å². The van der Waals surface area contributed by atoms with Crippen LogP contribution in [0.5, 0.6) is 0 Å². The van der Waals surface area contributed by atoms with Gasteiger partial charge in [-0.25, -0.2) is 4.98 Å². The highest BCUT2D eigenvalue weighted by atomic mass is 32.2.